The lowest BCUT2D eigenvalue weighted by Gasteiger charge is -2.24. The number of imidazole rings is 1. The fourth-order valence-electron chi connectivity index (χ4n) is 3.27. The average Bonchev–Trinajstić information content (AvgIpc) is 3.14. The number of rotatable bonds is 4. The molecule has 1 aliphatic rings. The smallest absolute Gasteiger partial charge is 0.155 e. The molecule has 29 heavy (non-hydrogen) atoms. The van der Waals surface area contributed by atoms with Gasteiger partial charge in [0.2, 0.25) is 0 Å². The van der Waals surface area contributed by atoms with E-state index >= 15 is 0 Å². The third kappa shape index (κ3) is 4.71. The Morgan fingerprint density at radius 3 is 2.72 bits per heavy atom. The number of halogens is 1. The summed E-state index contributed by atoms with van der Waals surface area (Å²) in [7, 11) is 0. The number of pyridine rings is 1. The molecule has 4 heterocycles. The molecule has 0 aromatic carbocycles. The van der Waals surface area contributed by atoms with Crippen molar-refractivity contribution in [2.45, 2.75) is 52.2 Å². The van der Waals surface area contributed by atoms with Crippen molar-refractivity contribution in [2.24, 2.45) is 0 Å². The summed E-state index contributed by atoms with van der Waals surface area (Å²) in [5, 5.41) is 16.9. The predicted octanol–water partition coefficient (Wildman–Crippen LogP) is 3.35. The van der Waals surface area contributed by atoms with Crippen LogP contribution in [0.1, 0.15) is 46.2 Å². The van der Waals surface area contributed by atoms with Crippen LogP contribution in [0, 0.1) is 5.82 Å². The van der Waals surface area contributed by atoms with Gasteiger partial charge in [-0.2, -0.15) is 0 Å². The van der Waals surface area contributed by atoms with Crippen molar-refractivity contribution in [1.82, 2.24) is 24.7 Å². The van der Waals surface area contributed by atoms with Crippen molar-refractivity contribution in [1.29, 1.82) is 0 Å². The zero-order valence-electron chi connectivity index (χ0n) is 17.4. The first-order chi connectivity index (χ1) is 13.9. The molecule has 0 radical (unpaired) electrons. The van der Waals surface area contributed by atoms with E-state index in [-0.39, 0.29) is 11.7 Å². The van der Waals surface area contributed by atoms with Crippen molar-refractivity contribution in [3.63, 3.8) is 0 Å². The van der Waals surface area contributed by atoms with Crippen LogP contribution in [0.3, 0.4) is 0 Å². The van der Waals surface area contributed by atoms with E-state index in [9.17, 15) is 9.50 Å². The molecule has 1 fully saturated rings. The second kappa shape index (κ2) is 8.84. The van der Waals surface area contributed by atoms with Gasteiger partial charge in [-0.1, -0.05) is 13.8 Å². The van der Waals surface area contributed by atoms with E-state index in [1.165, 1.54) is 6.07 Å². The summed E-state index contributed by atoms with van der Waals surface area (Å²) in [5.74, 6) is 0.206. The van der Waals surface area contributed by atoms with Gasteiger partial charge in [0.1, 0.15) is 17.1 Å². The minimum Gasteiger partial charge on any atom is -0.384 e. The van der Waals surface area contributed by atoms with Gasteiger partial charge in [-0.25, -0.2) is 14.4 Å². The van der Waals surface area contributed by atoms with Crippen LogP contribution in [0.5, 0.6) is 0 Å². The normalized spacial score (nSPS) is 17.0. The average molecular weight is 401 g/mol. The number of fused-ring (bicyclic) bond motifs is 1. The van der Waals surface area contributed by atoms with Crippen LogP contribution in [0.4, 0.5) is 10.2 Å². The molecule has 3 aromatic rings. The molecule has 156 valence electrons. The van der Waals surface area contributed by atoms with Gasteiger partial charge < -0.3 is 15.7 Å². The zero-order valence-corrected chi connectivity index (χ0v) is 17.4. The molecule has 1 unspecified atom stereocenters. The lowest BCUT2D eigenvalue weighted by Crippen LogP contribution is -2.38. The summed E-state index contributed by atoms with van der Waals surface area (Å²) < 4.78 is 16.3. The lowest BCUT2D eigenvalue weighted by atomic mass is 10.1. The Kier molecular flexibility index (Phi) is 6.44. The van der Waals surface area contributed by atoms with E-state index in [0.29, 0.717) is 22.9 Å². The van der Waals surface area contributed by atoms with Crippen LogP contribution in [0.25, 0.3) is 17.0 Å². The topological polar surface area (TPSA) is 87.4 Å². The Bertz CT molecular complexity index is 959. The highest BCUT2D eigenvalue weighted by Crippen LogP contribution is 2.26. The molecule has 1 saturated heterocycles. The van der Waals surface area contributed by atoms with Crippen molar-refractivity contribution in [3.8, 4) is 11.4 Å². The van der Waals surface area contributed by atoms with Gasteiger partial charge in [-0.3, -0.25) is 9.38 Å². The van der Waals surface area contributed by atoms with Gasteiger partial charge in [0, 0.05) is 18.8 Å². The van der Waals surface area contributed by atoms with Gasteiger partial charge in [0.25, 0.3) is 0 Å². The maximum absolute atomic E-state index is 14.6. The van der Waals surface area contributed by atoms with Crippen molar-refractivity contribution >= 4 is 11.5 Å². The van der Waals surface area contributed by atoms with Crippen molar-refractivity contribution in [3.05, 3.63) is 42.2 Å². The molecule has 3 aromatic heterocycles. The summed E-state index contributed by atoms with van der Waals surface area (Å²) in [5.41, 5.74) is 0.648. The first-order valence-corrected chi connectivity index (χ1v) is 10.1. The lowest BCUT2D eigenvalue weighted by molar-refractivity contribution is 0.0734. The molecule has 0 saturated carbocycles. The van der Waals surface area contributed by atoms with Gasteiger partial charge in [0.05, 0.1) is 23.8 Å². The molecule has 0 bridgehead atoms. The number of nitrogens with one attached hydrogen (secondary N) is 2. The Morgan fingerprint density at radius 1 is 1.24 bits per heavy atom. The molecule has 7 nitrogen and oxygen atoms in total. The van der Waals surface area contributed by atoms with Gasteiger partial charge in [0.15, 0.2) is 11.5 Å². The van der Waals surface area contributed by atoms with E-state index in [0.717, 1.165) is 25.9 Å². The second-order valence-corrected chi connectivity index (χ2v) is 7.42. The van der Waals surface area contributed by atoms with Crippen LogP contribution in [0.2, 0.25) is 0 Å². The molecule has 1 atom stereocenters. The number of piperidine rings is 1. The summed E-state index contributed by atoms with van der Waals surface area (Å²) in [6.07, 6.45) is 6.96. The van der Waals surface area contributed by atoms with E-state index in [1.807, 2.05) is 13.8 Å². The summed E-state index contributed by atoms with van der Waals surface area (Å²) in [6.45, 7) is 9.20. The standard InChI is InChI=1S/C19H23FN6O.C2H6/c1-19(2,27)15-11-26-14(9-23-17(26)10-22-15)18-13(20)5-6-16(25-18)24-12-4-3-7-21-8-12;1-2/h5-6,9-12,21,27H,3-4,7-8H2,1-2H3,(H,24,25);1-2H3. The van der Waals surface area contributed by atoms with E-state index in [2.05, 4.69) is 25.6 Å². The molecule has 4 rings (SSSR count). The molecule has 0 amide bonds. The SMILES string of the molecule is CC.CC(C)(O)c1cn2c(-c3nc(NC4CCCNC4)ccc3F)cnc2cn1. The first kappa shape index (κ1) is 21.1. The number of anilines is 1. The van der Waals surface area contributed by atoms with E-state index < -0.39 is 11.4 Å². The van der Waals surface area contributed by atoms with Crippen LogP contribution in [-0.2, 0) is 5.60 Å². The Balaban J connectivity index is 0.00000117. The summed E-state index contributed by atoms with van der Waals surface area (Å²) in [6, 6.07) is 3.34. The number of aliphatic hydroxyl groups is 1. The zero-order chi connectivity index (χ0) is 21.0. The maximum Gasteiger partial charge on any atom is 0.155 e. The van der Waals surface area contributed by atoms with Crippen molar-refractivity contribution in [2.75, 3.05) is 18.4 Å². The highest BCUT2D eigenvalue weighted by Gasteiger charge is 2.21. The Hall–Kier alpha value is -2.58. The first-order valence-electron chi connectivity index (χ1n) is 10.1. The van der Waals surface area contributed by atoms with Crippen molar-refractivity contribution < 1.29 is 9.50 Å². The summed E-state index contributed by atoms with van der Waals surface area (Å²) >= 11 is 0. The minimum atomic E-state index is -1.11. The van der Waals surface area contributed by atoms with Gasteiger partial charge in [-0.05, 0) is 45.4 Å². The third-order valence-corrected chi connectivity index (χ3v) is 4.76. The molecule has 8 heteroatoms. The van der Waals surface area contributed by atoms with Crippen LogP contribution < -0.4 is 10.6 Å². The van der Waals surface area contributed by atoms with Crippen LogP contribution in [-0.4, -0.2) is 43.6 Å². The molecular formula is C21H29FN6O. The van der Waals surface area contributed by atoms with Crippen LogP contribution >= 0.6 is 0 Å². The number of hydrogen-bond acceptors (Lipinski definition) is 6. The molecule has 0 spiro atoms. The molecule has 1 aliphatic heterocycles. The monoisotopic (exact) mass is 400 g/mol. The van der Waals surface area contributed by atoms with Gasteiger partial charge >= 0.3 is 0 Å². The largest absolute Gasteiger partial charge is 0.384 e. The number of hydrogen-bond donors (Lipinski definition) is 3. The number of aromatic nitrogens is 4. The maximum atomic E-state index is 14.6. The minimum absolute atomic E-state index is 0.212. The highest BCUT2D eigenvalue weighted by molar-refractivity contribution is 5.62. The summed E-state index contributed by atoms with van der Waals surface area (Å²) in [4.78, 5) is 13.0. The number of nitrogens with zero attached hydrogens (tertiary/aromatic N) is 4. The highest BCUT2D eigenvalue weighted by atomic mass is 19.1. The Labute approximate surface area is 170 Å². The molecule has 3 N–H and O–H groups in total. The van der Waals surface area contributed by atoms with E-state index in [4.69, 9.17) is 0 Å². The fourth-order valence-corrected chi connectivity index (χ4v) is 3.27. The quantitative estimate of drug-likeness (QED) is 0.623. The predicted molar refractivity (Wildman–Crippen MR) is 112 cm³/mol. The van der Waals surface area contributed by atoms with Gasteiger partial charge in [-0.15, -0.1) is 0 Å². The van der Waals surface area contributed by atoms with E-state index in [1.54, 1.807) is 42.9 Å². The van der Waals surface area contributed by atoms with Crippen LogP contribution in [0.15, 0.2) is 30.7 Å². The third-order valence-electron chi connectivity index (χ3n) is 4.76. The molecular weight excluding hydrogens is 371 g/mol. The second-order valence-electron chi connectivity index (χ2n) is 7.42. The molecule has 0 aliphatic carbocycles. The fraction of sp³-hybridized carbons (Fsp3) is 0.476. The Morgan fingerprint density at radius 2 is 2.03 bits per heavy atom.